The molecule has 8 nitrogen and oxygen atoms in total. The maximum Gasteiger partial charge on any atom is 0.232 e. The number of methoxy groups -OCH3 is 1. The minimum absolute atomic E-state index is 0.210. The summed E-state index contributed by atoms with van der Waals surface area (Å²) in [5.41, 5.74) is 9.23. The number of aromatic nitrogens is 3. The predicted molar refractivity (Wildman–Crippen MR) is 122 cm³/mol. The molecular formula is C23H29N7O. The summed E-state index contributed by atoms with van der Waals surface area (Å²) < 4.78 is 5.43. The Labute approximate surface area is 183 Å². The first-order chi connectivity index (χ1) is 15.1. The molecule has 1 fully saturated rings. The van der Waals surface area contributed by atoms with Crippen LogP contribution in [-0.2, 0) is 13.1 Å². The number of benzene rings is 2. The summed E-state index contributed by atoms with van der Waals surface area (Å²) in [4.78, 5) is 18.0. The van der Waals surface area contributed by atoms with Gasteiger partial charge in [-0.2, -0.15) is 15.0 Å². The number of anilines is 3. The molecule has 31 heavy (non-hydrogen) atoms. The molecule has 0 bridgehead atoms. The molecular weight excluding hydrogens is 390 g/mol. The van der Waals surface area contributed by atoms with Crippen molar-refractivity contribution >= 4 is 17.6 Å². The van der Waals surface area contributed by atoms with Crippen molar-refractivity contribution < 1.29 is 4.74 Å². The molecule has 0 unspecified atom stereocenters. The van der Waals surface area contributed by atoms with Gasteiger partial charge < -0.3 is 15.8 Å². The van der Waals surface area contributed by atoms with Gasteiger partial charge in [0.2, 0.25) is 11.9 Å². The number of nitrogens with two attached hydrogens (primary N) is 1. The lowest BCUT2D eigenvalue weighted by molar-refractivity contribution is 0.120. The maximum absolute atomic E-state index is 5.97. The average Bonchev–Trinajstić information content (AvgIpc) is 2.76. The van der Waals surface area contributed by atoms with Crippen LogP contribution in [0.4, 0.5) is 17.6 Å². The van der Waals surface area contributed by atoms with Gasteiger partial charge in [-0.1, -0.05) is 36.4 Å². The molecule has 0 saturated carbocycles. The molecule has 3 aromatic rings. The van der Waals surface area contributed by atoms with Crippen LogP contribution >= 0.6 is 0 Å². The monoisotopic (exact) mass is 419 g/mol. The molecule has 0 amide bonds. The summed E-state index contributed by atoms with van der Waals surface area (Å²) in [6.07, 6.45) is 0. The molecule has 0 radical (unpaired) electrons. The number of hydrogen-bond acceptors (Lipinski definition) is 8. The van der Waals surface area contributed by atoms with Crippen LogP contribution in [0.2, 0.25) is 0 Å². The second-order valence-electron chi connectivity index (χ2n) is 7.80. The molecule has 8 heteroatoms. The summed E-state index contributed by atoms with van der Waals surface area (Å²) in [5, 5.41) is 3.22. The largest absolute Gasteiger partial charge is 0.495 e. The van der Waals surface area contributed by atoms with Crippen LogP contribution in [0, 0.1) is 6.92 Å². The van der Waals surface area contributed by atoms with E-state index in [2.05, 4.69) is 60.4 Å². The topological polar surface area (TPSA) is 92.4 Å². The van der Waals surface area contributed by atoms with Gasteiger partial charge in [0.05, 0.1) is 19.3 Å². The Morgan fingerprint density at radius 3 is 2.35 bits per heavy atom. The Hall–Kier alpha value is -3.23. The zero-order valence-corrected chi connectivity index (χ0v) is 18.1. The van der Waals surface area contributed by atoms with Crippen LogP contribution in [0.25, 0.3) is 0 Å². The predicted octanol–water partition coefficient (Wildman–Crippen LogP) is 2.83. The van der Waals surface area contributed by atoms with Gasteiger partial charge in [-0.15, -0.1) is 0 Å². The standard InChI is InChI=1S/C23H29N7O/c1-17-8-9-20(31-2)19(14-17)25-23-27-21(26-22(24)28-23)16-30-12-10-29(11-13-30)15-18-6-4-3-5-7-18/h3-9,14H,10-13,15-16H2,1-2H3,(H3,24,25,26,27,28). The zero-order valence-electron chi connectivity index (χ0n) is 18.1. The van der Waals surface area contributed by atoms with Crippen molar-refractivity contribution in [3.63, 3.8) is 0 Å². The van der Waals surface area contributed by atoms with Crippen LogP contribution < -0.4 is 15.8 Å². The number of piperazine rings is 1. The average molecular weight is 420 g/mol. The first-order valence-electron chi connectivity index (χ1n) is 10.5. The van der Waals surface area contributed by atoms with Gasteiger partial charge >= 0.3 is 0 Å². The number of ether oxygens (including phenoxy) is 1. The summed E-state index contributed by atoms with van der Waals surface area (Å²) in [6.45, 7) is 7.61. The van der Waals surface area contributed by atoms with E-state index in [1.807, 2.05) is 25.1 Å². The van der Waals surface area contributed by atoms with E-state index < -0.39 is 0 Å². The fourth-order valence-electron chi connectivity index (χ4n) is 3.75. The van der Waals surface area contributed by atoms with E-state index in [1.54, 1.807) is 7.11 Å². The lowest BCUT2D eigenvalue weighted by Gasteiger charge is -2.34. The molecule has 0 aliphatic carbocycles. The second-order valence-corrected chi connectivity index (χ2v) is 7.80. The van der Waals surface area contributed by atoms with E-state index in [9.17, 15) is 0 Å². The highest BCUT2D eigenvalue weighted by atomic mass is 16.5. The van der Waals surface area contributed by atoms with E-state index in [0.717, 1.165) is 49.7 Å². The molecule has 162 valence electrons. The summed E-state index contributed by atoms with van der Waals surface area (Å²) >= 11 is 0. The lowest BCUT2D eigenvalue weighted by Crippen LogP contribution is -2.45. The molecule has 2 heterocycles. The van der Waals surface area contributed by atoms with Crippen molar-refractivity contribution in [2.75, 3.05) is 44.3 Å². The first-order valence-corrected chi connectivity index (χ1v) is 10.5. The van der Waals surface area contributed by atoms with Gasteiger partial charge in [0.25, 0.3) is 0 Å². The highest BCUT2D eigenvalue weighted by molar-refractivity contribution is 5.63. The van der Waals surface area contributed by atoms with Crippen molar-refractivity contribution in [2.45, 2.75) is 20.0 Å². The smallest absolute Gasteiger partial charge is 0.232 e. The number of aryl methyl sites for hydroxylation is 1. The van der Waals surface area contributed by atoms with Crippen LogP contribution in [0.3, 0.4) is 0 Å². The van der Waals surface area contributed by atoms with Gasteiger partial charge in [-0.3, -0.25) is 9.80 Å². The quantitative estimate of drug-likeness (QED) is 0.604. The zero-order chi connectivity index (χ0) is 21.6. The Balaban J connectivity index is 1.38. The molecule has 2 aromatic carbocycles. The Morgan fingerprint density at radius 2 is 1.65 bits per heavy atom. The van der Waals surface area contributed by atoms with Crippen molar-refractivity contribution in [3.8, 4) is 5.75 Å². The van der Waals surface area contributed by atoms with Gasteiger partial charge in [0.15, 0.2) is 0 Å². The number of rotatable bonds is 7. The number of hydrogen-bond donors (Lipinski definition) is 2. The molecule has 1 aromatic heterocycles. The Morgan fingerprint density at radius 1 is 0.935 bits per heavy atom. The fraction of sp³-hybridized carbons (Fsp3) is 0.348. The van der Waals surface area contributed by atoms with Crippen molar-refractivity contribution in [3.05, 3.63) is 65.5 Å². The number of nitrogen functional groups attached to an aromatic ring is 1. The fourth-order valence-corrected chi connectivity index (χ4v) is 3.75. The van der Waals surface area contributed by atoms with Gasteiger partial charge in [-0.25, -0.2) is 0 Å². The van der Waals surface area contributed by atoms with Crippen molar-refractivity contribution in [1.29, 1.82) is 0 Å². The van der Waals surface area contributed by atoms with Crippen LogP contribution in [0.5, 0.6) is 5.75 Å². The van der Waals surface area contributed by atoms with Crippen LogP contribution in [0.1, 0.15) is 17.0 Å². The molecule has 3 N–H and O–H groups in total. The van der Waals surface area contributed by atoms with Crippen molar-refractivity contribution in [2.24, 2.45) is 0 Å². The van der Waals surface area contributed by atoms with E-state index in [4.69, 9.17) is 10.5 Å². The third-order valence-corrected chi connectivity index (χ3v) is 5.38. The van der Waals surface area contributed by atoms with Crippen LogP contribution in [-0.4, -0.2) is 58.0 Å². The molecule has 4 rings (SSSR count). The number of nitrogens with one attached hydrogen (secondary N) is 1. The third-order valence-electron chi connectivity index (χ3n) is 5.38. The van der Waals surface area contributed by atoms with Gasteiger partial charge in [0, 0.05) is 32.7 Å². The Kier molecular flexibility index (Phi) is 6.59. The molecule has 1 aliphatic rings. The minimum atomic E-state index is 0.210. The lowest BCUT2D eigenvalue weighted by atomic mass is 10.2. The molecule has 1 aliphatic heterocycles. The summed E-state index contributed by atoms with van der Waals surface area (Å²) in [5.74, 6) is 2.02. The SMILES string of the molecule is COc1ccc(C)cc1Nc1nc(N)nc(CN2CCN(Cc3ccccc3)CC2)n1. The normalized spacial score (nSPS) is 15.0. The van der Waals surface area contributed by atoms with Crippen molar-refractivity contribution in [1.82, 2.24) is 24.8 Å². The van der Waals surface area contributed by atoms with E-state index in [-0.39, 0.29) is 5.95 Å². The van der Waals surface area contributed by atoms with Gasteiger partial charge in [-0.05, 0) is 30.2 Å². The highest BCUT2D eigenvalue weighted by Crippen LogP contribution is 2.27. The van der Waals surface area contributed by atoms with E-state index in [0.29, 0.717) is 18.3 Å². The highest BCUT2D eigenvalue weighted by Gasteiger charge is 2.19. The molecule has 1 saturated heterocycles. The third kappa shape index (κ3) is 5.68. The Bertz CT molecular complexity index is 1000. The van der Waals surface area contributed by atoms with E-state index >= 15 is 0 Å². The minimum Gasteiger partial charge on any atom is -0.495 e. The summed E-state index contributed by atoms with van der Waals surface area (Å²) in [7, 11) is 1.64. The summed E-state index contributed by atoms with van der Waals surface area (Å²) in [6, 6.07) is 16.5. The van der Waals surface area contributed by atoms with Gasteiger partial charge in [0.1, 0.15) is 11.6 Å². The maximum atomic E-state index is 5.97. The van der Waals surface area contributed by atoms with E-state index in [1.165, 1.54) is 5.56 Å². The second kappa shape index (κ2) is 9.72. The molecule has 0 spiro atoms. The first kappa shape index (κ1) is 21.0. The number of nitrogens with zero attached hydrogens (tertiary/aromatic N) is 5. The molecule has 0 atom stereocenters. The van der Waals surface area contributed by atoms with Crippen LogP contribution in [0.15, 0.2) is 48.5 Å².